The monoisotopic (exact) mass is 457 g/mol. The Morgan fingerprint density at radius 2 is 1.71 bits per heavy atom. The Hall–Kier alpha value is -2.86. The molecule has 0 aromatic heterocycles. The molecular weight excluding hydrogens is 430 g/mol. The summed E-state index contributed by atoms with van der Waals surface area (Å²) in [6.45, 7) is 1.48. The molecule has 2 amide bonds. The van der Waals surface area contributed by atoms with E-state index in [1.165, 1.54) is 30.7 Å². The molecule has 0 spiro atoms. The second-order valence-electron chi connectivity index (χ2n) is 6.75. The minimum Gasteiger partial charge on any atom is -0.493 e. The Morgan fingerprint density at radius 1 is 1.06 bits per heavy atom. The van der Waals surface area contributed by atoms with Crippen LogP contribution in [0.15, 0.2) is 18.2 Å². The van der Waals surface area contributed by atoms with Crippen molar-refractivity contribution in [3.05, 3.63) is 23.8 Å². The van der Waals surface area contributed by atoms with Gasteiger partial charge in [0, 0.05) is 18.7 Å². The van der Waals surface area contributed by atoms with E-state index < -0.39 is 40.3 Å². The highest BCUT2D eigenvalue weighted by Gasteiger charge is 2.31. The first-order valence-corrected chi connectivity index (χ1v) is 11.3. The van der Waals surface area contributed by atoms with Crippen LogP contribution in [-0.2, 0) is 24.3 Å². The topological polar surface area (TPSA) is 140 Å². The van der Waals surface area contributed by atoms with Crippen LogP contribution in [0.3, 0.4) is 0 Å². The number of carbonyl (C=O) groups excluding carboxylic acids is 3. The average molecular weight is 458 g/mol. The van der Waals surface area contributed by atoms with Crippen LogP contribution in [-0.4, -0.2) is 70.2 Å². The third kappa shape index (κ3) is 6.56. The maximum absolute atomic E-state index is 12.2. The molecule has 0 radical (unpaired) electrons. The summed E-state index contributed by atoms with van der Waals surface area (Å²) in [4.78, 5) is 36.2. The van der Waals surface area contributed by atoms with Crippen LogP contribution in [0.2, 0.25) is 0 Å². The zero-order valence-corrected chi connectivity index (χ0v) is 18.5. The lowest BCUT2D eigenvalue weighted by Crippen LogP contribution is -2.44. The molecule has 1 heterocycles. The summed E-state index contributed by atoms with van der Waals surface area (Å²) in [6.07, 6.45) is 0.658. The quantitative estimate of drug-likeness (QED) is 0.413. The highest BCUT2D eigenvalue weighted by atomic mass is 32.2. The van der Waals surface area contributed by atoms with Crippen molar-refractivity contribution >= 4 is 27.8 Å². The summed E-state index contributed by atoms with van der Waals surface area (Å²) in [5.41, 5.74) is 4.61. The molecule has 1 aromatic carbocycles. The van der Waals surface area contributed by atoms with E-state index >= 15 is 0 Å². The van der Waals surface area contributed by atoms with Crippen LogP contribution in [0.5, 0.6) is 11.5 Å². The fraction of sp³-hybridized carbons (Fsp3) is 0.526. The first-order valence-electron chi connectivity index (χ1n) is 9.67. The number of hydrogen-bond donors (Lipinski definition) is 2. The van der Waals surface area contributed by atoms with Crippen LogP contribution >= 0.6 is 0 Å². The number of sulfonamides is 1. The van der Waals surface area contributed by atoms with Gasteiger partial charge in [0.25, 0.3) is 11.8 Å². The van der Waals surface area contributed by atoms with E-state index in [9.17, 15) is 22.8 Å². The molecule has 1 fully saturated rings. The van der Waals surface area contributed by atoms with Gasteiger partial charge in [-0.1, -0.05) is 0 Å². The summed E-state index contributed by atoms with van der Waals surface area (Å²) in [7, 11) is -0.380. The molecule has 0 unspecified atom stereocenters. The van der Waals surface area contributed by atoms with Gasteiger partial charge in [-0.25, -0.2) is 12.7 Å². The predicted molar refractivity (Wildman–Crippen MR) is 110 cm³/mol. The number of carbonyl (C=O) groups is 3. The van der Waals surface area contributed by atoms with Crippen molar-refractivity contribution in [2.24, 2.45) is 5.92 Å². The standard InChI is InChI=1S/C19H27N3O8S/c1-4-31(26,27)22-9-7-13(8-10-22)19(25)30-12-17(23)20-21-18(24)14-5-6-15(28-2)16(11-14)29-3/h5-6,11,13H,4,7-10,12H2,1-3H3,(H,20,23)(H,21,24). The molecule has 0 aliphatic carbocycles. The zero-order chi connectivity index (χ0) is 23.0. The van der Waals surface area contributed by atoms with E-state index in [1.807, 2.05) is 0 Å². The van der Waals surface area contributed by atoms with Gasteiger partial charge >= 0.3 is 5.97 Å². The molecule has 1 saturated heterocycles. The summed E-state index contributed by atoms with van der Waals surface area (Å²) in [6, 6.07) is 4.49. The van der Waals surface area contributed by atoms with E-state index in [4.69, 9.17) is 14.2 Å². The average Bonchev–Trinajstić information content (AvgIpc) is 2.80. The number of piperidine rings is 1. The van der Waals surface area contributed by atoms with Gasteiger partial charge in [-0.3, -0.25) is 25.2 Å². The predicted octanol–water partition coefficient (Wildman–Crippen LogP) is 0.0697. The van der Waals surface area contributed by atoms with Gasteiger partial charge in [-0.2, -0.15) is 0 Å². The Labute approximate surface area is 181 Å². The Kier molecular flexibility index (Phi) is 8.63. The molecule has 12 heteroatoms. The fourth-order valence-corrected chi connectivity index (χ4v) is 4.15. The number of benzene rings is 1. The largest absolute Gasteiger partial charge is 0.493 e. The van der Waals surface area contributed by atoms with Crippen LogP contribution in [0.4, 0.5) is 0 Å². The van der Waals surface area contributed by atoms with Crippen molar-refractivity contribution < 1.29 is 37.0 Å². The van der Waals surface area contributed by atoms with Crippen molar-refractivity contribution in [1.82, 2.24) is 15.2 Å². The zero-order valence-electron chi connectivity index (χ0n) is 17.7. The molecule has 1 aliphatic heterocycles. The molecule has 0 saturated carbocycles. The molecule has 1 aliphatic rings. The number of amides is 2. The number of nitrogens with zero attached hydrogens (tertiary/aromatic N) is 1. The third-order valence-corrected chi connectivity index (χ3v) is 6.73. The van der Waals surface area contributed by atoms with E-state index in [0.29, 0.717) is 24.3 Å². The number of methoxy groups -OCH3 is 2. The summed E-state index contributed by atoms with van der Waals surface area (Å²) in [5.74, 6) is -1.54. The molecular formula is C19H27N3O8S. The molecule has 2 rings (SSSR count). The Morgan fingerprint density at radius 3 is 2.29 bits per heavy atom. The molecule has 11 nitrogen and oxygen atoms in total. The highest BCUT2D eigenvalue weighted by Crippen LogP contribution is 2.27. The van der Waals surface area contributed by atoms with E-state index in [0.717, 1.165) is 0 Å². The van der Waals surface area contributed by atoms with Crippen LogP contribution in [0.1, 0.15) is 30.1 Å². The molecule has 1 aromatic rings. The number of nitrogens with one attached hydrogen (secondary N) is 2. The molecule has 0 atom stereocenters. The van der Waals surface area contributed by atoms with Gasteiger partial charge in [0.2, 0.25) is 10.0 Å². The van der Waals surface area contributed by atoms with Crippen molar-refractivity contribution in [1.29, 1.82) is 0 Å². The lowest BCUT2D eigenvalue weighted by Gasteiger charge is -2.29. The van der Waals surface area contributed by atoms with Gasteiger partial charge in [-0.15, -0.1) is 0 Å². The van der Waals surface area contributed by atoms with Gasteiger partial charge in [0.15, 0.2) is 18.1 Å². The summed E-state index contributed by atoms with van der Waals surface area (Å²) in [5, 5.41) is 0. The minimum absolute atomic E-state index is 0.0112. The first-order chi connectivity index (χ1) is 14.7. The second kappa shape index (κ2) is 11.0. The van der Waals surface area contributed by atoms with Crippen molar-refractivity contribution in [2.75, 3.05) is 39.7 Å². The smallest absolute Gasteiger partial charge is 0.309 e. The van der Waals surface area contributed by atoms with E-state index in [2.05, 4.69) is 10.9 Å². The van der Waals surface area contributed by atoms with Gasteiger partial charge in [-0.05, 0) is 38.0 Å². The molecule has 172 valence electrons. The molecule has 31 heavy (non-hydrogen) atoms. The van der Waals surface area contributed by atoms with Gasteiger partial charge < -0.3 is 14.2 Å². The minimum atomic E-state index is -3.28. The lowest BCUT2D eigenvalue weighted by atomic mass is 9.98. The maximum atomic E-state index is 12.2. The SMILES string of the molecule is CCS(=O)(=O)N1CCC(C(=O)OCC(=O)NNC(=O)c2ccc(OC)c(OC)c2)CC1. The first kappa shape index (κ1) is 24.4. The van der Waals surface area contributed by atoms with Gasteiger partial charge in [0.1, 0.15) is 0 Å². The van der Waals surface area contributed by atoms with Crippen molar-refractivity contribution in [3.8, 4) is 11.5 Å². The number of rotatable bonds is 8. The Balaban J connectivity index is 1.76. The van der Waals surface area contributed by atoms with Crippen LogP contribution < -0.4 is 20.3 Å². The summed E-state index contributed by atoms with van der Waals surface area (Å²) < 4.78 is 40.3. The van der Waals surface area contributed by atoms with Crippen LogP contribution in [0, 0.1) is 5.92 Å². The van der Waals surface area contributed by atoms with Crippen molar-refractivity contribution in [3.63, 3.8) is 0 Å². The second-order valence-corrected chi connectivity index (χ2v) is 9.01. The lowest BCUT2D eigenvalue weighted by molar-refractivity contribution is -0.153. The Bertz CT molecular complexity index is 911. The maximum Gasteiger partial charge on any atom is 0.309 e. The molecule has 2 N–H and O–H groups in total. The normalized spacial score (nSPS) is 15.1. The van der Waals surface area contributed by atoms with Crippen molar-refractivity contribution in [2.45, 2.75) is 19.8 Å². The third-order valence-electron chi connectivity index (χ3n) is 4.85. The molecule has 0 bridgehead atoms. The number of hydrogen-bond acceptors (Lipinski definition) is 8. The van der Waals surface area contributed by atoms with Gasteiger partial charge in [0.05, 0.1) is 25.9 Å². The van der Waals surface area contributed by atoms with Crippen LogP contribution in [0.25, 0.3) is 0 Å². The number of ether oxygens (including phenoxy) is 3. The van der Waals surface area contributed by atoms with E-state index in [-0.39, 0.29) is 24.4 Å². The highest BCUT2D eigenvalue weighted by molar-refractivity contribution is 7.89. The number of hydrazine groups is 1. The number of esters is 1. The fourth-order valence-electron chi connectivity index (χ4n) is 3.02. The van der Waals surface area contributed by atoms with E-state index in [1.54, 1.807) is 13.0 Å². The summed E-state index contributed by atoms with van der Waals surface area (Å²) >= 11 is 0.